The van der Waals surface area contributed by atoms with Gasteiger partial charge in [0, 0.05) is 11.8 Å². The monoisotopic (exact) mass is 195 g/mol. The maximum atomic E-state index is 10.4. The van der Waals surface area contributed by atoms with Crippen molar-refractivity contribution in [3.05, 3.63) is 17.6 Å². The fourth-order valence-electron chi connectivity index (χ4n) is 1.05. The number of hydrogen-bond donors (Lipinski definition) is 2. The molecular weight excluding hydrogens is 182 g/mol. The van der Waals surface area contributed by atoms with E-state index in [0.29, 0.717) is 5.82 Å². The van der Waals surface area contributed by atoms with Crippen LogP contribution in [0.25, 0.3) is 0 Å². The predicted molar refractivity (Wildman–Crippen MR) is 51.9 cm³/mol. The van der Waals surface area contributed by atoms with Crippen LogP contribution in [-0.2, 0) is 11.2 Å². The lowest BCUT2D eigenvalue weighted by molar-refractivity contribution is -0.136. The smallest absolute Gasteiger partial charge is 0.311 e. The minimum Gasteiger partial charge on any atom is -0.481 e. The number of hydrogen-bond acceptors (Lipinski definition) is 4. The molecule has 1 heterocycles. The second-order valence-corrected chi connectivity index (χ2v) is 3.36. The lowest BCUT2D eigenvalue weighted by Gasteiger charge is -2.06. The number of carboxylic acid groups (broad SMARTS) is 1. The molecule has 5 heteroatoms. The molecule has 0 aliphatic carbocycles. The summed E-state index contributed by atoms with van der Waals surface area (Å²) in [5.41, 5.74) is 6.30. The van der Waals surface area contributed by atoms with E-state index in [1.165, 1.54) is 0 Å². The molecule has 14 heavy (non-hydrogen) atoms. The molecule has 1 aromatic heterocycles. The van der Waals surface area contributed by atoms with Gasteiger partial charge in [0.15, 0.2) is 0 Å². The van der Waals surface area contributed by atoms with Gasteiger partial charge in [-0.05, 0) is 5.92 Å². The third kappa shape index (κ3) is 2.69. The molecule has 3 N–H and O–H groups in total. The average molecular weight is 195 g/mol. The van der Waals surface area contributed by atoms with Gasteiger partial charge in [-0.3, -0.25) is 4.79 Å². The topological polar surface area (TPSA) is 89.1 Å². The van der Waals surface area contributed by atoms with Crippen molar-refractivity contribution in [3.63, 3.8) is 0 Å². The predicted octanol–water partition coefficient (Wildman–Crippen LogP) is 0.809. The van der Waals surface area contributed by atoms with E-state index in [2.05, 4.69) is 9.97 Å². The summed E-state index contributed by atoms with van der Waals surface area (Å²) in [4.78, 5) is 18.4. The highest BCUT2D eigenvalue weighted by Gasteiger charge is 2.08. The van der Waals surface area contributed by atoms with Crippen LogP contribution >= 0.6 is 0 Å². The third-order valence-electron chi connectivity index (χ3n) is 1.71. The van der Waals surface area contributed by atoms with E-state index in [4.69, 9.17) is 10.8 Å². The molecule has 0 unspecified atom stereocenters. The zero-order chi connectivity index (χ0) is 10.7. The van der Waals surface area contributed by atoms with Crippen LogP contribution in [-0.4, -0.2) is 21.0 Å². The quantitative estimate of drug-likeness (QED) is 0.744. The SMILES string of the molecule is CC(C)c1cc(N)nc(CC(=O)O)n1. The van der Waals surface area contributed by atoms with Gasteiger partial charge in [-0.1, -0.05) is 13.8 Å². The molecule has 0 spiro atoms. The number of nitrogens with two attached hydrogens (primary N) is 1. The molecule has 5 nitrogen and oxygen atoms in total. The Balaban J connectivity index is 3.01. The van der Waals surface area contributed by atoms with Crippen molar-refractivity contribution < 1.29 is 9.90 Å². The second kappa shape index (κ2) is 4.04. The first kappa shape index (κ1) is 10.4. The highest BCUT2D eigenvalue weighted by molar-refractivity contribution is 5.69. The summed E-state index contributed by atoms with van der Waals surface area (Å²) in [6.45, 7) is 3.93. The Hall–Kier alpha value is -1.65. The van der Waals surface area contributed by atoms with Crippen molar-refractivity contribution >= 4 is 11.8 Å². The molecule has 0 amide bonds. The zero-order valence-electron chi connectivity index (χ0n) is 8.19. The second-order valence-electron chi connectivity index (χ2n) is 3.36. The highest BCUT2D eigenvalue weighted by Crippen LogP contribution is 2.13. The van der Waals surface area contributed by atoms with Gasteiger partial charge in [0.25, 0.3) is 0 Å². The average Bonchev–Trinajstić information content (AvgIpc) is 2.01. The molecule has 0 atom stereocenters. The normalized spacial score (nSPS) is 10.5. The van der Waals surface area contributed by atoms with Gasteiger partial charge in [0.05, 0.1) is 0 Å². The van der Waals surface area contributed by atoms with Crippen molar-refractivity contribution in [3.8, 4) is 0 Å². The van der Waals surface area contributed by atoms with E-state index in [1.54, 1.807) is 6.07 Å². The van der Waals surface area contributed by atoms with Gasteiger partial charge in [0.2, 0.25) is 0 Å². The molecule has 0 bridgehead atoms. The first-order valence-corrected chi connectivity index (χ1v) is 4.34. The summed E-state index contributed by atoms with van der Waals surface area (Å²) in [5.74, 6) is -0.153. The Morgan fingerprint density at radius 3 is 2.71 bits per heavy atom. The van der Waals surface area contributed by atoms with Crippen LogP contribution in [0.3, 0.4) is 0 Å². The first-order chi connectivity index (χ1) is 6.49. The lowest BCUT2D eigenvalue weighted by atomic mass is 10.1. The van der Waals surface area contributed by atoms with Crippen LogP contribution in [0.15, 0.2) is 6.07 Å². The lowest BCUT2D eigenvalue weighted by Crippen LogP contribution is -2.09. The minimum atomic E-state index is -0.953. The first-order valence-electron chi connectivity index (χ1n) is 4.34. The summed E-state index contributed by atoms with van der Waals surface area (Å²) in [6, 6.07) is 1.66. The van der Waals surface area contributed by atoms with Crippen LogP contribution in [0, 0.1) is 0 Å². The Labute approximate surface area is 82.0 Å². The Bertz CT molecular complexity index is 350. The van der Waals surface area contributed by atoms with E-state index in [0.717, 1.165) is 5.69 Å². The summed E-state index contributed by atoms with van der Waals surface area (Å²) in [7, 11) is 0. The van der Waals surface area contributed by atoms with Gasteiger partial charge >= 0.3 is 5.97 Å². The molecule has 0 aliphatic rings. The Morgan fingerprint density at radius 2 is 2.21 bits per heavy atom. The number of nitrogens with zero attached hydrogens (tertiary/aromatic N) is 2. The summed E-state index contributed by atoms with van der Waals surface area (Å²) in [5, 5.41) is 8.57. The molecular formula is C9H13N3O2. The number of aromatic nitrogens is 2. The number of nitrogen functional groups attached to an aromatic ring is 1. The standard InChI is InChI=1S/C9H13N3O2/c1-5(2)6-3-7(10)12-8(11-6)4-9(13)14/h3,5H,4H2,1-2H3,(H,13,14)(H2,10,11,12). The maximum absolute atomic E-state index is 10.4. The minimum absolute atomic E-state index is 0.190. The molecule has 0 aliphatic heterocycles. The van der Waals surface area contributed by atoms with Crippen LogP contribution in [0.2, 0.25) is 0 Å². The van der Waals surface area contributed by atoms with Crippen molar-refractivity contribution in [1.82, 2.24) is 9.97 Å². The maximum Gasteiger partial charge on any atom is 0.311 e. The van der Waals surface area contributed by atoms with Crippen molar-refractivity contribution in [2.24, 2.45) is 0 Å². The van der Waals surface area contributed by atoms with Crippen molar-refractivity contribution in [2.75, 3.05) is 5.73 Å². The van der Waals surface area contributed by atoms with Gasteiger partial charge in [-0.15, -0.1) is 0 Å². The van der Waals surface area contributed by atoms with Crippen LogP contribution < -0.4 is 5.73 Å². The van der Waals surface area contributed by atoms with Gasteiger partial charge < -0.3 is 10.8 Å². The highest BCUT2D eigenvalue weighted by atomic mass is 16.4. The van der Waals surface area contributed by atoms with Crippen LogP contribution in [0.4, 0.5) is 5.82 Å². The molecule has 1 aromatic rings. The number of anilines is 1. The van der Waals surface area contributed by atoms with Crippen molar-refractivity contribution in [1.29, 1.82) is 0 Å². The molecule has 0 saturated heterocycles. The molecule has 0 saturated carbocycles. The number of rotatable bonds is 3. The number of carbonyl (C=O) groups is 1. The fraction of sp³-hybridized carbons (Fsp3) is 0.444. The largest absolute Gasteiger partial charge is 0.481 e. The van der Waals surface area contributed by atoms with Crippen LogP contribution in [0.1, 0.15) is 31.3 Å². The molecule has 76 valence electrons. The van der Waals surface area contributed by atoms with E-state index >= 15 is 0 Å². The van der Waals surface area contributed by atoms with Crippen LogP contribution in [0.5, 0.6) is 0 Å². The summed E-state index contributed by atoms with van der Waals surface area (Å²) in [6.07, 6.45) is -0.190. The van der Waals surface area contributed by atoms with Gasteiger partial charge in [0.1, 0.15) is 18.1 Å². The van der Waals surface area contributed by atoms with E-state index in [-0.39, 0.29) is 18.2 Å². The van der Waals surface area contributed by atoms with Gasteiger partial charge in [-0.2, -0.15) is 0 Å². The molecule has 0 aromatic carbocycles. The van der Waals surface area contributed by atoms with E-state index in [1.807, 2.05) is 13.8 Å². The molecule has 1 rings (SSSR count). The molecule has 0 fully saturated rings. The fourth-order valence-corrected chi connectivity index (χ4v) is 1.05. The summed E-state index contributed by atoms with van der Waals surface area (Å²) >= 11 is 0. The summed E-state index contributed by atoms with van der Waals surface area (Å²) < 4.78 is 0. The Morgan fingerprint density at radius 1 is 1.57 bits per heavy atom. The Kier molecular flexibility index (Phi) is 3.01. The van der Waals surface area contributed by atoms with E-state index in [9.17, 15) is 4.79 Å². The molecule has 0 radical (unpaired) electrons. The zero-order valence-corrected chi connectivity index (χ0v) is 8.19. The van der Waals surface area contributed by atoms with Crippen molar-refractivity contribution in [2.45, 2.75) is 26.2 Å². The number of carboxylic acids is 1. The van der Waals surface area contributed by atoms with Gasteiger partial charge in [-0.25, -0.2) is 9.97 Å². The number of aliphatic carboxylic acids is 1. The van der Waals surface area contributed by atoms with E-state index < -0.39 is 5.97 Å². The third-order valence-corrected chi connectivity index (χ3v) is 1.71.